The first kappa shape index (κ1) is 22.9. The van der Waals surface area contributed by atoms with Gasteiger partial charge in [0.05, 0.1) is 5.39 Å². The van der Waals surface area contributed by atoms with Gasteiger partial charge in [0, 0.05) is 24.7 Å². The Labute approximate surface area is 195 Å². The summed E-state index contributed by atoms with van der Waals surface area (Å²) in [6, 6.07) is 19.7. The van der Waals surface area contributed by atoms with Crippen LogP contribution < -0.4 is 5.43 Å². The molecule has 0 saturated heterocycles. The minimum atomic E-state index is -0.788. The topological polar surface area (TPSA) is 76.8 Å². The van der Waals surface area contributed by atoms with E-state index in [0.29, 0.717) is 22.5 Å². The molecule has 0 spiro atoms. The number of hydrogen-bond acceptors (Lipinski definition) is 5. The number of nitrogens with zero attached hydrogens (tertiary/aromatic N) is 1. The molecule has 0 N–H and O–H groups in total. The van der Waals surface area contributed by atoms with E-state index in [1.54, 1.807) is 31.2 Å². The van der Waals surface area contributed by atoms with Crippen molar-refractivity contribution in [2.24, 2.45) is 0 Å². The summed E-state index contributed by atoms with van der Waals surface area (Å²) in [7, 11) is 1.53. The minimum absolute atomic E-state index is 0.0485. The van der Waals surface area contributed by atoms with E-state index < -0.39 is 24.3 Å². The Bertz CT molecular complexity index is 1430. The van der Waals surface area contributed by atoms with Gasteiger partial charge in [-0.2, -0.15) is 0 Å². The molecule has 1 aromatic heterocycles. The molecule has 0 radical (unpaired) electrons. The van der Waals surface area contributed by atoms with Gasteiger partial charge in [-0.05, 0) is 36.8 Å². The molecule has 1 heterocycles. The summed E-state index contributed by atoms with van der Waals surface area (Å²) in [4.78, 5) is 39.6. The maximum absolute atomic E-state index is 13.4. The number of hydrogen-bond donors (Lipinski definition) is 0. The quantitative estimate of drug-likeness (QED) is 0.390. The maximum atomic E-state index is 13.4. The van der Waals surface area contributed by atoms with E-state index in [2.05, 4.69) is 0 Å². The molecular formula is C27H22FNO5. The Morgan fingerprint density at radius 3 is 2.47 bits per heavy atom. The van der Waals surface area contributed by atoms with Crippen LogP contribution in [-0.4, -0.2) is 30.4 Å². The number of amides is 1. The Morgan fingerprint density at radius 2 is 1.74 bits per heavy atom. The van der Waals surface area contributed by atoms with E-state index in [1.165, 1.54) is 30.1 Å². The van der Waals surface area contributed by atoms with E-state index in [-0.39, 0.29) is 28.5 Å². The highest BCUT2D eigenvalue weighted by molar-refractivity contribution is 6.02. The summed E-state index contributed by atoms with van der Waals surface area (Å²) in [6.45, 7) is 1.32. The van der Waals surface area contributed by atoms with Gasteiger partial charge in [0.15, 0.2) is 17.6 Å². The first-order valence-corrected chi connectivity index (χ1v) is 10.6. The van der Waals surface area contributed by atoms with Crippen LogP contribution >= 0.6 is 0 Å². The lowest BCUT2D eigenvalue weighted by molar-refractivity contribution is -0.133. The second-order valence-corrected chi connectivity index (χ2v) is 7.89. The average molecular weight is 459 g/mol. The molecule has 3 aromatic carbocycles. The van der Waals surface area contributed by atoms with Crippen molar-refractivity contribution in [3.8, 4) is 11.3 Å². The molecule has 4 rings (SSSR count). The number of carbonyl (C=O) groups excluding carboxylic acids is 2. The van der Waals surface area contributed by atoms with Crippen molar-refractivity contribution in [3.05, 3.63) is 106 Å². The summed E-state index contributed by atoms with van der Waals surface area (Å²) in [5, 5.41) is 0.251. The van der Waals surface area contributed by atoms with Gasteiger partial charge in [-0.15, -0.1) is 0 Å². The SMILES string of the molecule is Cc1c(-c2ccccc2)oc2c(C(=O)OCC(=O)N(C)Cc3cccc(F)c3)cccc2c1=O. The highest BCUT2D eigenvalue weighted by Gasteiger charge is 2.20. The molecule has 0 bridgehead atoms. The number of benzene rings is 3. The summed E-state index contributed by atoms with van der Waals surface area (Å²) in [6.07, 6.45) is 0. The van der Waals surface area contributed by atoms with E-state index in [4.69, 9.17) is 9.15 Å². The van der Waals surface area contributed by atoms with Gasteiger partial charge in [-0.3, -0.25) is 9.59 Å². The van der Waals surface area contributed by atoms with Gasteiger partial charge in [0.1, 0.15) is 17.1 Å². The third-order valence-corrected chi connectivity index (χ3v) is 5.46. The van der Waals surface area contributed by atoms with Crippen molar-refractivity contribution in [2.45, 2.75) is 13.5 Å². The fraction of sp³-hybridized carbons (Fsp3) is 0.148. The predicted molar refractivity (Wildman–Crippen MR) is 126 cm³/mol. The van der Waals surface area contributed by atoms with Crippen LogP contribution in [0.3, 0.4) is 0 Å². The molecule has 0 saturated carbocycles. The molecule has 7 heteroatoms. The molecule has 1 amide bonds. The second-order valence-electron chi connectivity index (χ2n) is 7.89. The maximum Gasteiger partial charge on any atom is 0.342 e. The number of halogens is 1. The molecule has 0 fully saturated rings. The second kappa shape index (κ2) is 9.70. The monoisotopic (exact) mass is 459 g/mol. The van der Waals surface area contributed by atoms with E-state index in [0.717, 1.165) is 0 Å². The molecule has 0 unspecified atom stereocenters. The largest absolute Gasteiger partial charge is 0.455 e. The molecule has 0 aliphatic carbocycles. The average Bonchev–Trinajstić information content (AvgIpc) is 2.84. The Hall–Kier alpha value is -4.26. The standard InChI is InChI=1S/C27H22FNO5/c1-17-24(31)21-12-7-13-22(26(21)34-25(17)19-9-4-3-5-10-19)27(32)33-16-23(30)29(2)15-18-8-6-11-20(28)14-18/h3-14H,15-16H2,1-2H3. The lowest BCUT2D eigenvalue weighted by Gasteiger charge is -2.17. The zero-order valence-electron chi connectivity index (χ0n) is 18.7. The van der Waals surface area contributed by atoms with Gasteiger partial charge in [-0.1, -0.05) is 48.5 Å². The number of para-hydroxylation sites is 1. The number of carbonyl (C=O) groups is 2. The molecule has 6 nitrogen and oxygen atoms in total. The minimum Gasteiger partial charge on any atom is -0.455 e. The number of ether oxygens (including phenoxy) is 1. The van der Waals surface area contributed by atoms with Gasteiger partial charge in [-0.25, -0.2) is 9.18 Å². The van der Waals surface area contributed by atoms with Gasteiger partial charge < -0.3 is 14.1 Å². The normalized spacial score (nSPS) is 10.8. The van der Waals surface area contributed by atoms with E-state index in [1.807, 2.05) is 30.3 Å². The van der Waals surface area contributed by atoms with Crippen LogP contribution in [0.15, 0.2) is 82.0 Å². The lowest BCUT2D eigenvalue weighted by atomic mass is 10.0. The molecule has 0 aliphatic heterocycles. The fourth-order valence-electron chi connectivity index (χ4n) is 3.65. The predicted octanol–water partition coefficient (Wildman–Crippen LogP) is 4.72. The highest BCUT2D eigenvalue weighted by atomic mass is 19.1. The van der Waals surface area contributed by atoms with Crippen LogP contribution in [0.1, 0.15) is 21.5 Å². The van der Waals surface area contributed by atoms with Crippen molar-refractivity contribution in [1.29, 1.82) is 0 Å². The Morgan fingerprint density at radius 1 is 1.00 bits per heavy atom. The molecule has 34 heavy (non-hydrogen) atoms. The fourth-order valence-corrected chi connectivity index (χ4v) is 3.65. The van der Waals surface area contributed by atoms with Crippen LogP contribution in [0, 0.1) is 12.7 Å². The zero-order valence-corrected chi connectivity index (χ0v) is 18.7. The van der Waals surface area contributed by atoms with Crippen molar-refractivity contribution in [2.75, 3.05) is 13.7 Å². The van der Waals surface area contributed by atoms with E-state index >= 15 is 0 Å². The molecule has 172 valence electrons. The lowest BCUT2D eigenvalue weighted by Crippen LogP contribution is -2.30. The van der Waals surface area contributed by atoms with Crippen LogP contribution in [0.4, 0.5) is 4.39 Å². The first-order chi connectivity index (χ1) is 16.3. The van der Waals surface area contributed by atoms with Crippen LogP contribution in [0.2, 0.25) is 0 Å². The van der Waals surface area contributed by atoms with Crippen molar-refractivity contribution in [3.63, 3.8) is 0 Å². The third kappa shape index (κ3) is 4.73. The third-order valence-electron chi connectivity index (χ3n) is 5.46. The molecule has 4 aromatic rings. The van der Waals surface area contributed by atoms with Gasteiger partial charge in [0.25, 0.3) is 5.91 Å². The molecule has 0 aliphatic rings. The summed E-state index contributed by atoms with van der Waals surface area (Å²) in [5.74, 6) is -1.28. The Balaban J connectivity index is 1.56. The summed E-state index contributed by atoms with van der Waals surface area (Å²) < 4.78 is 24.6. The highest BCUT2D eigenvalue weighted by Crippen LogP contribution is 2.27. The smallest absolute Gasteiger partial charge is 0.342 e. The molecule has 0 atom stereocenters. The number of likely N-dealkylation sites (N-methyl/N-ethyl adjacent to an activating group) is 1. The van der Waals surface area contributed by atoms with E-state index in [9.17, 15) is 18.8 Å². The van der Waals surface area contributed by atoms with Crippen molar-refractivity contribution in [1.82, 2.24) is 4.90 Å². The summed E-state index contributed by atoms with van der Waals surface area (Å²) in [5.41, 5.74) is 1.65. The van der Waals surface area contributed by atoms with Crippen molar-refractivity contribution < 1.29 is 23.1 Å². The van der Waals surface area contributed by atoms with Crippen LogP contribution in [-0.2, 0) is 16.1 Å². The van der Waals surface area contributed by atoms with Crippen LogP contribution in [0.25, 0.3) is 22.3 Å². The molecular weight excluding hydrogens is 437 g/mol. The van der Waals surface area contributed by atoms with Crippen molar-refractivity contribution >= 4 is 22.8 Å². The number of rotatable bonds is 6. The number of fused-ring (bicyclic) bond motifs is 1. The van der Waals surface area contributed by atoms with Gasteiger partial charge >= 0.3 is 5.97 Å². The zero-order chi connectivity index (χ0) is 24.2. The number of esters is 1. The first-order valence-electron chi connectivity index (χ1n) is 10.6. The van der Waals surface area contributed by atoms with Gasteiger partial charge in [0.2, 0.25) is 0 Å². The Kier molecular flexibility index (Phi) is 6.54. The van der Waals surface area contributed by atoms with Crippen LogP contribution in [0.5, 0.6) is 0 Å². The summed E-state index contributed by atoms with van der Waals surface area (Å²) >= 11 is 0.